The lowest BCUT2D eigenvalue weighted by Crippen LogP contribution is -2.33. The molecule has 17 heavy (non-hydrogen) atoms. The lowest BCUT2D eigenvalue weighted by atomic mass is 9.87. The Morgan fingerprint density at radius 1 is 1.53 bits per heavy atom. The summed E-state index contributed by atoms with van der Waals surface area (Å²) in [5.41, 5.74) is 1.82. The summed E-state index contributed by atoms with van der Waals surface area (Å²) in [6.45, 7) is 2.64. The molecule has 4 heteroatoms. The molecule has 1 aromatic heterocycles. The number of carbonyl (C=O) groups is 1. The predicted molar refractivity (Wildman–Crippen MR) is 69.4 cm³/mol. The Morgan fingerprint density at radius 3 is 3.00 bits per heavy atom. The normalized spacial score (nSPS) is 24.6. The molecule has 1 aromatic rings. The SMILES string of the molecule is Cc1cscc1C(=O)NCC1CCCC(O)C1. The van der Waals surface area contributed by atoms with E-state index in [1.807, 2.05) is 17.7 Å². The van der Waals surface area contributed by atoms with Crippen LogP contribution >= 0.6 is 11.3 Å². The van der Waals surface area contributed by atoms with E-state index in [4.69, 9.17) is 0 Å². The summed E-state index contributed by atoms with van der Waals surface area (Å²) in [5.74, 6) is 0.449. The zero-order chi connectivity index (χ0) is 12.3. The Hall–Kier alpha value is -0.870. The molecule has 1 aliphatic rings. The third kappa shape index (κ3) is 3.30. The van der Waals surface area contributed by atoms with Gasteiger partial charge >= 0.3 is 0 Å². The second-order valence-corrected chi connectivity index (χ2v) is 5.61. The van der Waals surface area contributed by atoms with Crippen molar-refractivity contribution in [2.24, 2.45) is 5.92 Å². The summed E-state index contributed by atoms with van der Waals surface area (Å²) in [5, 5.41) is 16.4. The number of hydrogen-bond donors (Lipinski definition) is 2. The van der Waals surface area contributed by atoms with E-state index in [9.17, 15) is 9.90 Å². The first-order valence-corrected chi connectivity index (χ1v) is 7.10. The van der Waals surface area contributed by atoms with Crippen LogP contribution in [0, 0.1) is 12.8 Å². The molecule has 0 radical (unpaired) electrons. The van der Waals surface area contributed by atoms with Crippen LogP contribution in [0.1, 0.15) is 41.6 Å². The molecule has 94 valence electrons. The Bertz CT molecular complexity index is 389. The molecule has 0 aromatic carbocycles. The van der Waals surface area contributed by atoms with Crippen LogP contribution in [-0.2, 0) is 0 Å². The van der Waals surface area contributed by atoms with Gasteiger partial charge in [0, 0.05) is 11.9 Å². The largest absolute Gasteiger partial charge is 0.393 e. The maximum Gasteiger partial charge on any atom is 0.252 e. The van der Waals surface area contributed by atoms with Gasteiger partial charge in [0.2, 0.25) is 0 Å². The van der Waals surface area contributed by atoms with Crippen molar-refractivity contribution < 1.29 is 9.90 Å². The van der Waals surface area contributed by atoms with Gasteiger partial charge in [-0.1, -0.05) is 6.42 Å². The van der Waals surface area contributed by atoms with Crippen molar-refractivity contribution in [3.63, 3.8) is 0 Å². The fourth-order valence-electron chi connectivity index (χ4n) is 2.37. The van der Waals surface area contributed by atoms with E-state index < -0.39 is 0 Å². The molecular weight excluding hydrogens is 234 g/mol. The van der Waals surface area contributed by atoms with Crippen molar-refractivity contribution in [2.75, 3.05) is 6.54 Å². The Labute approximate surface area is 106 Å². The number of nitrogens with one attached hydrogen (secondary N) is 1. The van der Waals surface area contributed by atoms with E-state index in [1.54, 1.807) is 11.3 Å². The lowest BCUT2D eigenvalue weighted by molar-refractivity contribution is 0.0873. The van der Waals surface area contributed by atoms with Crippen molar-refractivity contribution in [1.29, 1.82) is 0 Å². The monoisotopic (exact) mass is 253 g/mol. The number of aliphatic hydroxyl groups is 1. The Morgan fingerprint density at radius 2 is 2.35 bits per heavy atom. The highest BCUT2D eigenvalue weighted by molar-refractivity contribution is 7.08. The lowest BCUT2D eigenvalue weighted by Gasteiger charge is -2.25. The van der Waals surface area contributed by atoms with Crippen LogP contribution in [-0.4, -0.2) is 23.7 Å². The van der Waals surface area contributed by atoms with E-state index in [1.165, 1.54) is 0 Å². The van der Waals surface area contributed by atoms with E-state index >= 15 is 0 Å². The maximum absolute atomic E-state index is 11.9. The van der Waals surface area contributed by atoms with Crippen molar-refractivity contribution in [2.45, 2.75) is 38.7 Å². The van der Waals surface area contributed by atoms with E-state index in [0.717, 1.165) is 36.8 Å². The molecule has 1 saturated carbocycles. The highest BCUT2D eigenvalue weighted by Gasteiger charge is 2.21. The summed E-state index contributed by atoms with van der Waals surface area (Å²) in [6, 6.07) is 0. The molecule has 0 spiro atoms. The molecule has 1 aliphatic carbocycles. The summed E-state index contributed by atoms with van der Waals surface area (Å²) in [6.07, 6.45) is 3.74. The van der Waals surface area contributed by atoms with Gasteiger partial charge in [-0.2, -0.15) is 11.3 Å². The maximum atomic E-state index is 11.9. The van der Waals surface area contributed by atoms with Crippen molar-refractivity contribution >= 4 is 17.2 Å². The summed E-state index contributed by atoms with van der Waals surface area (Å²) >= 11 is 1.56. The molecule has 2 unspecified atom stereocenters. The fourth-order valence-corrected chi connectivity index (χ4v) is 3.20. The minimum absolute atomic E-state index is 0.0174. The van der Waals surface area contributed by atoms with Gasteiger partial charge in [-0.3, -0.25) is 4.79 Å². The number of thiophene rings is 1. The quantitative estimate of drug-likeness (QED) is 0.868. The summed E-state index contributed by atoms with van der Waals surface area (Å²) in [4.78, 5) is 11.9. The number of hydrogen-bond acceptors (Lipinski definition) is 3. The van der Waals surface area contributed by atoms with Gasteiger partial charge in [-0.25, -0.2) is 0 Å². The van der Waals surface area contributed by atoms with Crippen molar-refractivity contribution in [3.05, 3.63) is 21.9 Å². The standard InChI is InChI=1S/C13H19NO2S/c1-9-7-17-8-12(9)13(16)14-6-10-3-2-4-11(15)5-10/h7-8,10-11,15H,2-6H2,1H3,(H,14,16). The smallest absolute Gasteiger partial charge is 0.252 e. The van der Waals surface area contributed by atoms with Crippen LogP contribution in [0.4, 0.5) is 0 Å². The zero-order valence-electron chi connectivity index (χ0n) is 10.1. The van der Waals surface area contributed by atoms with Crippen LogP contribution in [0.15, 0.2) is 10.8 Å². The highest BCUT2D eigenvalue weighted by Crippen LogP contribution is 2.23. The number of aryl methyl sites for hydroxylation is 1. The first kappa shape index (κ1) is 12.6. The highest BCUT2D eigenvalue weighted by atomic mass is 32.1. The van der Waals surface area contributed by atoms with Crippen molar-refractivity contribution in [1.82, 2.24) is 5.32 Å². The summed E-state index contributed by atoms with van der Waals surface area (Å²) < 4.78 is 0. The number of aliphatic hydroxyl groups excluding tert-OH is 1. The summed E-state index contributed by atoms with van der Waals surface area (Å²) in [7, 11) is 0. The van der Waals surface area contributed by atoms with Gasteiger partial charge in [-0.05, 0) is 43.0 Å². The van der Waals surface area contributed by atoms with Gasteiger partial charge in [0.25, 0.3) is 5.91 Å². The molecule has 1 heterocycles. The van der Waals surface area contributed by atoms with E-state index in [2.05, 4.69) is 5.32 Å². The first-order chi connectivity index (χ1) is 8.16. The second-order valence-electron chi connectivity index (χ2n) is 4.86. The molecular formula is C13H19NO2S. The van der Waals surface area contributed by atoms with Crippen molar-refractivity contribution in [3.8, 4) is 0 Å². The molecule has 0 aliphatic heterocycles. The number of rotatable bonds is 3. The second kappa shape index (κ2) is 5.65. The van der Waals surface area contributed by atoms with Gasteiger partial charge in [0.05, 0.1) is 11.7 Å². The minimum atomic E-state index is -0.173. The Kier molecular flexibility index (Phi) is 4.18. The molecule has 3 nitrogen and oxygen atoms in total. The molecule has 2 atom stereocenters. The Balaban J connectivity index is 1.82. The van der Waals surface area contributed by atoms with Crippen LogP contribution in [0.2, 0.25) is 0 Å². The first-order valence-electron chi connectivity index (χ1n) is 6.16. The zero-order valence-corrected chi connectivity index (χ0v) is 10.9. The number of amides is 1. The van der Waals surface area contributed by atoms with E-state index in [0.29, 0.717) is 12.5 Å². The average molecular weight is 253 g/mol. The van der Waals surface area contributed by atoms with Gasteiger partial charge in [0.15, 0.2) is 0 Å². The molecule has 1 amide bonds. The fraction of sp³-hybridized carbons (Fsp3) is 0.615. The van der Waals surface area contributed by atoms with Gasteiger partial charge < -0.3 is 10.4 Å². The minimum Gasteiger partial charge on any atom is -0.393 e. The third-order valence-corrected chi connectivity index (χ3v) is 4.27. The molecule has 0 bridgehead atoms. The molecule has 1 fully saturated rings. The molecule has 0 saturated heterocycles. The van der Waals surface area contributed by atoms with Crippen LogP contribution in [0.3, 0.4) is 0 Å². The predicted octanol–water partition coefficient (Wildman–Crippen LogP) is 2.34. The molecule has 2 rings (SSSR count). The van der Waals surface area contributed by atoms with Crippen LogP contribution in [0.25, 0.3) is 0 Å². The van der Waals surface area contributed by atoms with Gasteiger partial charge in [0.1, 0.15) is 0 Å². The number of carbonyl (C=O) groups excluding carboxylic acids is 1. The van der Waals surface area contributed by atoms with E-state index in [-0.39, 0.29) is 12.0 Å². The van der Waals surface area contributed by atoms with Crippen LogP contribution < -0.4 is 5.32 Å². The average Bonchev–Trinajstić information content (AvgIpc) is 2.72. The molecule has 2 N–H and O–H groups in total. The third-order valence-electron chi connectivity index (χ3n) is 3.41. The van der Waals surface area contributed by atoms with Gasteiger partial charge in [-0.15, -0.1) is 0 Å². The van der Waals surface area contributed by atoms with Crippen LogP contribution in [0.5, 0.6) is 0 Å². The topological polar surface area (TPSA) is 49.3 Å².